The normalized spacial score (nSPS) is 11.1. The minimum Gasteiger partial charge on any atom is -0.346 e. The number of hydrogen-bond donors (Lipinski definition) is 1. The van der Waals surface area contributed by atoms with Gasteiger partial charge in [-0.15, -0.1) is 0 Å². The fourth-order valence-electron chi connectivity index (χ4n) is 2.10. The van der Waals surface area contributed by atoms with Gasteiger partial charge in [-0.1, -0.05) is 48.1 Å². The van der Waals surface area contributed by atoms with Gasteiger partial charge in [0.1, 0.15) is 4.64 Å². The molecule has 1 aromatic heterocycles. The van der Waals surface area contributed by atoms with E-state index >= 15 is 0 Å². The van der Waals surface area contributed by atoms with Gasteiger partial charge in [0.05, 0.1) is 0 Å². The van der Waals surface area contributed by atoms with Crippen molar-refractivity contribution < 1.29 is 0 Å². The molecule has 3 rings (SSSR count). The van der Waals surface area contributed by atoms with Gasteiger partial charge in [0, 0.05) is 16.3 Å². The average Bonchev–Trinajstić information content (AvgIpc) is 2.29. The Kier molecular flexibility index (Phi) is 2.04. The minimum atomic E-state index is 0.817. The Morgan fingerprint density at radius 3 is 2.62 bits per heavy atom. The van der Waals surface area contributed by atoms with Crippen molar-refractivity contribution in [2.45, 2.75) is 6.92 Å². The van der Waals surface area contributed by atoms with Gasteiger partial charge in [0.15, 0.2) is 0 Å². The Bertz CT molecular complexity index is 740. The van der Waals surface area contributed by atoms with Crippen molar-refractivity contribution in [3.05, 3.63) is 52.7 Å². The Morgan fingerprint density at radius 1 is 0.938 bits per heavy atom. The van der Waals surface area contributed by atoms with E-state index in [0.29, 0.717) is 0 Å². The summed E-state index contributed by atoms with van der Waals surface area (Å²) in [6, 6.07) is 14.7. The average molecular weight is 225 g/mol. The van der Waals surface area contributed by atoms with Crippen molar-refractivity contribution in [2.75, 3.05) is 0 Å². The van der Waals surface area contributed by atoms with E-state index in [2.05, 4.69) is 48.3 Å². The maximum absolute atomic E-state index is 5.39. The number of para-hydroxylation sites is 1. The van der Waals surface area contributed by atoms with Gasteiger partial charge in [-0.3, -0.25) is 0 Å². The Morgan fingerprint density at radius 2 is 1.75 bits per heavy atom. The molecule has 0 saturated heterocycles. The molecule has 0 aliphatic carbocycles. The molecule has 3 aromatic rings. The molecule has 1 heterocycles. The van der Waals surface area contributed by atoms with Gasteiger partial charge in [0.25, 0.3) is 0 Å². The predicted octanol–water partition coefficient (Wildman–Crippen LogP) is 4.36. The van der Waals surface area contributed by atoms with Crippen molar-refractivity contribution in [1.29, 1.82) is 0 Å². The molecule has 0 fully saturated rings. The SMILES string of the molecule is Cc1ccc2c(c1)c(=S)[nH]c1ccccc12. The molecule has 16 heavy (non-hydrogen) atoms. The molecule has 1 nitrogen and oxygen atoms in total. The van der Waals surface area contributed by atoms with Crippen LogP contribution in [0.3, 0.4) is 0 Å². The summed E-state index contributed by atoms with van der Waals surface area (Å²) < 4.78 is 0.817. The summed E-state index contributed by atoms with van der Waals surface area (Å²) >= 11 is 5.39. The maximum Gasteiger partial charge on any atom is 0.111 e. The largest absolute Gasteiger partial charge is 0.346 e. The van der Waals surface area contributed by atoms with Crippen LogP contribution in [0, 0.1) is 11.6 Å². The van der Waals surface area contributed by atoms with E-state index in [4.69, 9.17) is 12.2 Å². The number of hydrogen-bond acceptors (Lipinski definition) is 1. The number of aromatic nitrogens is 1. The van der Waals surface area contributed by atoms with E-state index < -0.39 is 0 Å². The molecule has 0 amide bonds. The Hall–Kier alpha value is -1.67. The zero-order valence-electron chi connectivity index (χ0n) is 8.95. The highest BCUT2D eigenvalue weighted by atomic mass is 32.1. The summed E-state index contributed by atoms with van der Waals surface area (Å²) in [6.07, 6.45) is 0. The van der Waals surface area contributed by atoms with E-state index in [9.17, 15) is 0 Å². The Labute approximate surface area is 98.7 Å². The number of aryl methyl sites for hydroxylation is 1. The second-order valence-corrected chi connectivity index (χ2v) is 4.46. The van der Waals surface area contributed by atoms with Gasteiger partial charge < -0.3 is 4.98 Å². The highest BCUT2D eigenvalue weighted by Gasteiger charge is 2.02. The van der Waals surface area contributed by atoms with Crippen LogP contribution in [0.2, 0.25) is 0 Å². The highest BCUT2D eigenvalue weighted by Crippen LogP contribution is 2.25. The van der Waals surface area contributed by atoms with Crippen LogP contribution in [0.5, 0.6) is 0 Å². The number of rotatable bonds is 0. The minimum absolute atomic E-state index is 0.817. The molecule has 0 aliphatic rings. The van der Waals surface area contributed by atoms with Crippen molar-refractivity contribution >= 4 is 33.9 Å². The number of H-pyrrole nitrogens is 1. The first-order valence-electron chi connectivity index (χ1n) is 5.27. The van der Waals surface area contributed by atoms with Crippen LogP contribution in [-0.2, 0) is 0 Å². The number of benzene rings is 2. The molecule has 78 valence electrons. The monoisotopic (exact) mass is 225 g/mol. The van der Waals surface area contributed by atoms with E-state index in [0.717, 1.165) is 15.5 Å². The van der Waals surface area contributed by atoms with Crippen molar-refractivity contribution in [2.24, 2.45) is 0 Å². The first-order valence-corrected chi connectivity index (χ1v) is 5.68. The van der Waals surface area contributed by atoms with Gasteiger partial charge in [-0.05, 0) is 24.4 Å². The van der Waals surface area contributed by atoms with Crippen LogP contribution in [-0.4, -0.2) is 4.98 Å². The van der Waals surface area contributed by atoms with Gasteiger partial charge in [-0.25, -0.2) is 0 Å². The third kappa shape index (κ3) is 1.34. The zero-order valence-corrected chi connectivity index (χ0v) is 9.77. The van der Waals surface area contributed by atoms with Crippen LogP contribution in [0.4, 0.5) is 0 Å². The molecule has 0 spiro atoms. The number of nitrogens with one attached hydrogen (secondary N) is 1. The molecule has 0 atom stereocenters. The lowest BCUT2D eigenvalue weighted by atomic mass is 10.0. The van der Waals surface area contributed by atoms with Gasteiger partial charge in [-0.2, -0.15) is 0 Å². The molecule has 0 radical (unpaired) electrons. The van der Waals surface area contributed by atoms with E-state index in [1.165, 1.54) is 16.3 Å². The second kappa shape index (κ2) is 3.42. The standard InChI is InChI=1S/C14H11NS/c1-9-6-7-10-11-4-2-3-5-13(11)15-14(16)12(10)8-9/h2-8H,1H3,(H,15,16). The quantitative estimate of drug-likeness (QED) is 0.444. The summed E-state index contributed by atoms with van der Waals surface area (Å²) in [5.41, 5.74) is 2.34. The second-order valence-electron chi connectivity index (χ2n) is 4.05. The van der Waals surface area contributed by atoms with E-state index in [1.807, 2.05) is 6.07 Å². The van der Waals surface area contributed by atoms with Crippen molar-refractivity contribution in [3.8, 4) is 0 Å². The molecule has 0 bridgehead atoms. The Balaban J connectivity index is 2.65. The molecule has 0 unspecified atom stereocenters. The van der Waals surface area contributed by atoms with Crippen LogP contribution in [0.25, 0.3) is 21.7 Å². The van der Waals surface area contributed by atoms with E-state index in [-0.39, 0.29) is 0 Å². The van der Waals surface area contributed by atoms with Crippen LogP contribution in [0.1, 0.15) is 5.56 Å². The fourth-order valence-corrected chi connectivity index (χ4v) is 2.38. The maximum atomic E-state index is 5.39. The first kappa shape index (κ1) is 9.55. The summed E-state index contributed by atoms with van der Waals surface area (Å²) in [5, 5.41) is 3.59. The number of fused-ring (bicyclic) bond motifs is 3. The summed E-state index contributed by atoms with van der Waals surface area (Å²) in [4.78, 5) is 3.27. The number of aromatic amines is 1. The summed E-state index contributed by atoms with van der Waals surface area (Å²) in [7, 11) is 0. The molecule has 0 saturated carbocycles. The highest BCUT2D eigenvalue weighted by molar-refractivity contribution is 7.71. The van der Waals surface area contributed by atoms with Gasteiger partial charge in [0.2, 0.25) is 0 Å². The van der Waals surface area contributed by atoms with E-state index in [1.54, 1.807) is 0 Å². The van der Waals surface area contributed by atoms with Gasteiger partial charge >= 0.3 is 0 Å². The lowest BCUT2D eigenvalue weighted by Crippen LogP contribution is -1.84. The first-order chi connectivity index (χ1) is 7.75. The van der Waals surface area contributed by atoms with Crippen LogP contribution in [0.15, 0.2) is 42.5 Å². The molecule has 2 heteroatoms. The molecule has 1 N–H and O–H groups in total. The molecular weight excluding hydrogens is 214 g/mol. The molecule has 0 aliphatic heterocycles. The molecule has 2 aromatic carbocycles. The number of pyridine rings is 1. The predicted molar refractivity (Wildman–Crippen MR) is 71.4 cm³/mol. The zero-order chi connectivity index (χ0) is 11.1. The van der Waals surface area contributed by atoms with Crippen LogP contribution < -0.4 is 0 Å². The smallest absolute Gasteiger partial charge is 0.111 e. The third-order valence-corrected chi connectivity index (χ3v) is 3.21. The van der Waals surface area contributed by atoms with Crippen LogP contribution >= 0.6 is 12.2 Å². The fraction of sp³-hybridized carbons (Fsp3) is 0.0714. The summed E-state index contributed by atoms with van der Waals surface area (Å²) in [5.74, 6) is 0. The third-order valence-electron chi connectivity index (χ3n) is 2.89. The lowest BCUT2D eigenvalue weighted by molar-refractivity contribution is 1.40. The van der Waals surface area contributed by atoms with Crippen molar-refractivity contribution in [3.63, 3.8) is 0 Å². The lowest BCUT2D eigenvalue weighted by Gasteiger charge is -2.05. The van der Waals surface area contributed by atoms with Crippen molar-refractivity contribution in [1.82, 2.24) is 4.98 Å². The molecular formula is C14H11NS. The topological polar surface area (TPSA) is 15.8 Å². The summed E-state index contributed by atoms with van der Waals surface area (Å²) in [6.45, 7) is 2.09.